The first-order valence-electron chi connectivity index (χ1n) is 5.82. The van der Waals surface area contributed by atoms with E-state index in [1.165, 1.54) is 6.33 Å². The average Bonchev–Trinajstić information content (AvgIpc) is 2.83. The third kappa shape index (κ3) is 1.76. The van der Waals surface area contributed by atoms with Crippen LogP contribution in [0.15, 0.2) is 35.0 Å². The van der Waals surface area contributed by atoms with E-state index in [1.54, 1.807) is 6.07 Å². The second-order valence-electron chi connectivity index (χ2n) is 4.32. The van der Waals surface area contributed by atoms with Crippen molar-refractivity contribution in [2.24, 2.45) is 0 Å². The van der Waals surface area contributed by atoms with Gasteiger partial charge in [-0.1, -0.05) is 18.2 Å². The average molecular weight is 270 g/mol. The smallest absolute Gasteiger partial charge is 0.340 e. The van der Waals surface area contributed by atoms with Crippen LogP contribution in [0, 0.1) is 17.0 Å². The normalized spacial score (nSPS) is 10.8. The van der Waals surface area contributed by atoms with Crippen molar-refractivity contribution in [3.05, 3.63) is 46.3 Å². The summed E-state index contributed by atoms with van der Waals surface area (Å²) in [6.45, 7) is 1.90. The predicted molar refractivity (Wildman–Crippen MR) is 73.0 cm³/mol. The summed E-state index contributed by atoms with van der Waals surface area (Å²) >= 11 is 0. The molecule has 0 aliphatic rings. The zero-order valence-electron chi connectivity index (χ0n) is 10.5. The highest BCUT2D eigenvalue weighted by Gasteiger charge is 2.24. The Balaban J connectivity index is 2.29. The summed E-state index contributed by atoms with van der Waals surface area (Å²) in [6.07, 6.45) is 1.18. The van der Waals surface area contributed by atoms with E-state index < -0.39 is 4.92 Å². The first-order chi connectivity index (χ1) is 9.58. The number of hydrogen-bond acceptors (Lipinski definition) is 6. The van der Waals surface area contributed by atoms with Crippen molar-refractivity contribution in [1.82, 2.24) is 9.97 Å². The molecule has 0 saturated heterocycles. The maximum atomic E-state index is 11.1. The van der Waals surface area contributed by atoms with Gasteiger partial charge in [-0.2, -0.15) is 0 Å². The Bertz CT molecular complexity index is 826. The molecule has 0 radical (unpaired) electrons. The fourth-order valence-electron chi connectivity index (χ4n) is 2.08. The number of anilines is 1. The van der Waals surface area contributed by atoms with Gasteiger partial charge in [0.05, 0.1) is 4.92 Å². The lowest BCUT2D eigenvalue weighted by Gasteiger charge is -2.00. The molecule has 2 N–H and O–H groups in total. The van der Waals surface area contributed by atoms with Crippen molar-refractivity contribution in [2.45, 2.75) is 6.92 Å². The van der Waals surface area contributed by atoms with E-state index in [4.69, 9.17) is 10.2 Å². The van der Waals surface area contributed by atoms with Gasteiger partial charge in [0.2, 0.25) is 5.82 Å². The van der Waals surface area contributed by atoms with Crippen LogP contribution >= 0.6 is 0 Å². The number of rotatable bonds is 2. The summed E-state index contributed by atoms with van der Waals surface area (Å²) in [6, 6.07) is 7.36. The fraction of sp³-hybridized carbons (Fsp3) is 0.0769. The molecule has 0 atom stereocenters. The minimum atomic E-state index is -0.606. The summed E-state index contributed by atoms with van der Waals surface area (Å²) in [4.78, 5) is 18.1. The molecule has 0 aliphatic carbocycles. The van der Waals surface area contributed by atoms with E-state index in [0.29, 0.717) is 11.3 Å². The van der Waals surface area contributed by atoms with Gasteiger partial charge in [-0.3, -0.25) is 10.1 Å². The number of furan rings is 1. The van der Waals surface area contributed by atoms with Crippen molar-refractivity contribution in [3.63, 3.8) is 0 Å². The SMILES string of the molecule is Cc1cccc2cc(-c3ncnc(N)c3[N+](=O)[O-])oc12. The minimum Gasteiger partial charge on any atom is -0.454 e. The highest BCUT2D eigenvalue weighted by Crippen LogP contribution is 2.35. The number of aryl methyl sites for hydroxylation is 1. The van der Waals surface area contributed by atoms with Gasteiger partial charge in [0.25, 0.3) is 0 Å². The quantitative estimate of drug-likeness (QED) is 0.566. The monoisotopic (exact) mass is 270 g/mol. The van der Waals surface area contributed by atoms with Crippen LogP contribution in [0.3, 0.4) is 0 Å². The Morgan fingerprint density at radius 1 is 1.35 bits per heavy atom. The molecule has 0 unspecified atom stereocenters. The third-order valence-electron chi connectivity index (χ3n) is 3.01. The maximum absolute atomic E-state index is 11.1. The molecule has 3 aromatic rings. The van der Waals surface area contributed by atoms with Gasteiger partial charge < -0.3 is 10.2 Å². The molecule has 1 aromatic carbocycles. The van der Waals surface area contributed by atoms with Crippen molar-refractivity contribution in [2.75, 3.05) is 5.73 Å². The van der Waals surface area contributed by atoms with Crippen LogP contribution in [0.1, 0.15) is 5.56 Å². The largest absolute Gasteiger partial charge is 0.454 e. The van der Waals surface area contributed by atoms with Crippen LogP contribution in [-0.4, -0.2) is 14.9 Å². The number of benzene rings is 1. The molecule has 20 heavy (non-hydrogen) atoms. The number of nitrogens with two attached hydrogens (primary N) is 1. The highest BCUT2D eigenvalue weighted by atomic mass is 16.6. The molecule has 100 valence electrons. The number of hydrogen-bond donors (Lipinski definition) is 1. The molecular weight excluding hydrogens is 260 g/mol. The molecule has 3 rings (SSSR count). The molecular formula is C13H10N4O3. The molecule has 0 aliphatic heterocycles. The van der Waals surface area contributed by atoms with Crippen molar-refractivity contribution < 1.29 is 9.34 Å². The van der Waals surface area contributed by atoms with Crippen LogP contribution in [0.4, 0.5) is 11.5 Å². The Labute approximate surface area is 113 Å². The molecule has 2 aromatic heterocycles. The second-order valence-corrected chi connectivity index (χ2v) is 4.32. The van der Waals surface area contributed by atoms with E-state index in [9.17, 15) is 10.1 Å². The Hall–Kier alpha value is -2.96. The first kappa shape index (κ1) is 12.1. The first-order valence-corrected chi connectivity index (χ1v) is 5.82. The molecule has 7 nitrogen and oxygen atoms in total. The Kier molecular flexibility index (Phi) is 2.60. The number of para-hydroxylation sites is 1. The molecule has 0 amide bonds. The lowest BCUT2D eigenvalue weighted by Crippen LogP contribution is -2.02. The Morgan fingerprint density at radius 2 is 2.15 bits per heavy atom. The van der Waals surface area contributed by atoms with Gasteiger partial charge in [-0.25, -0.2) is 9.97 Å². The third-order valence-corrected chi connectivity index (χ3v) is 3.01. The highest BCUT2D eigenvalue weighted by molar-refractivity contribution is 5.86. The summed E-state index contributed by atoms with van der Waals surface area (Å²) in [5.41, 5.74) is 6.91. The minimum absolute atomic E-state index is 0.0816. The molecule has 0 bridgehead atoms. The molecule has 0 saturated carbocycles. The molecule has 7 heteroatoms. The van der Waals surface area contributed by atoms with E-state index >= 15 is 0 Å². The lowest BCUT2D eigenvalue weighted by atomic mass is 10.1. The van der Waals surface area contributed by atoms with Crippen LogP contribution in [0.2, 0.25) is 0 Å². The van der Waals surface area contributed by atoms with Crippen LogP contribution in [0.5, 0.6) is 0 Å². The van der Waals surface area contributed by atoms with Gasteiger partial charge in [-0.05, 0) is 18.6 Å². The summed E-state index contributed by atoms with van der Waals surface area (Å²) in [7, 11) is 0. The zero-order valence-corrected chi connectivity index (χ0v) is 10.5. The standard InChI is InChI=1S/C13H10N4O3/c1-7-3-2-4-8-5-9(20-12(7)8)10-11(17(18)19)13(14)16-6-15-10/h2-6H,1H3,(H2,14,15,16). The fourth-order valence-corrected chi connectivity index (χ4v) is 2.08. The van der Waals surface area contributed by atoms with Crippen molar-refractivity contribution >= 4 is 22.5 Å². The Morgan fingerprint density at radius 3 is 2.85 bits per heavy atom. The van der Waals surface area contributed by atoms with Gasteiger partial charge >= 0.3 is 5.69 Å². The summed E-state index contributed by atoms with van der Waals surface area (Å²) < 4.78 is 5.68. The number of aromatic nitrogens is 2. The number of nitrogens with zero attached hydrogens (tertiary/aromatic N) is 3. The van der Waals surface area contributed by atoms with Gasteiger partial charge in [0.1, 0.15) is 11.9 Å². The topological polar surface area (TPSA) is 108 Å². The molecule has 0 spiro atoms. The molecule has 0 fully saturated rings. The maximum Gasteiger partial charge on any atom is 0.340 e. The van der Waals surface area contributed by atoms with Gasteiger partial charge in [0.15, 0.2) is 11.5 Å². The van der Waals surface area contributed by atoms with E-state index in [-0.39, 0.29) is 17.2 Å². The number of nitro groups is 1. The summed E-state index contributed by atoms with van der Waals surface area (Å²) in [5, 5.41) is 12.0. The van der Waals surface area contributed by atoms with E-state index in [2.05, 4.69) is 9.97 Å². The number of nitrogen functional groups attached to an aromatic ring is 1. The van der Waals surface area contributed by atoms with E-state index in [0.717, 1.165) is 10.9 Å². The lowest BCUT2D eigenvalue weighted by molar-refractivity contribution is -0.383. The van der Waals surface area contributed by atoms with Crippen molar-refractivity contribution in [3.8, 4) is 11.5 Å². The van der Waals surface area contributed by atoms with Gasteiger partial charge in [-0.15, -0.1) is 0 Å². The van der Waals surface area contributed by atoms with Crippen LogP contribution in [-0.2, 0) is 0 Å². The van der Waals surface area contributed by atoms with Crippen LogP contribution in [0.25, 0.3) is 22.4 Å². The zero-order chi connectivity index (χ0) is 14.3. The number of fused-ring (bicyclic) bond motifs is 1. The van der Waals surface area contributed by atoms with Crippen molar-refractivity contribution in [1.29, 1.82) is 0 Å². The van der Waals surface area contributed by atoms with Gasteiger partial charge in [0, 0.05) is 5.39 Å². The molecule has 2 heterocycles. The second kappa shape index (κ2) is 4.30. The van der Waals surface area contributed by atoms with Crippen LogP contribution < -0.4 is 5.73 Å². The predicted octanol–water partition coefficient (Wildman–Crippen LogP) is 2.69. The summed E-state index contributed by atoms with van der Waals surface area (Å²) in [5.74, 6) is 0.118. The van der Waals surface area contributed by atoms with E-state index in [1.807, 2.05) is 25.1 Å².